The number of halogens is 1. The fraction of sp³-hybridized carbons (Fsp3) is 0.154. The van der Waals surface area contributed by atoms with Gasteiger partial charge in [0.2, 0.25) is 29.0 Å². The number of nitro groups is 1. The molecule has 3 aromatic carbocycles. The Kier molecular flexibility index (Phi) is 4.73. The van der Waals surface area contributed by atoms with Crippen LogP contribution in [0.3, 0.4) is 0 Å². The maximum Gasteiger partial charge on any atom is 0.269 e. The predicted octanol–water partition coefficient (Wildman–Crippen LogP) is 3.94. The molecule has 0 bridgehead atoms. The molecule has 0 saturated carbocycles. The maximum absolute atomic E-state index is 13.8. The molecule has 6 rings (SSSR count). The van der Waals surface area contributed by atoms with Crippen molar-refractivity contribution in [3.05, 3.63) is 105 Å². The molecule has 2 aliphatic heterocycles. The van der Waals surface area contributed by atoms with Crippen molar-refractivity contribution in [2.24, 2.45) is 11.8 Å². The average molecular weight is 503 g/mol. The molecule has 3 aliphatic rings. The van der Waals surface area contributed by atoms with Crippen LogP contribution in [0.25, 0.3) is 0 Å². The molecule has 1 spiro atoms. The number of fused-ring (bicyclic) bond motifs is 3. The van der Waals surface area contributed by atoms with Gasteiger partial charge in [0.25, 0.3) is 5.69 Å². The summed E-state index contributed by atoms with van der Waals surface area (Å²) in [5, 5.41) is 11.4. The summed E-state index contributed by atoms with van der Waals surface area (Å²) >= 11 is 6.09. The molecular weight excluding hydrogens is 488 g/mol. The number of carbonyl (C=O) groups is 4. The second-order valence-corrected chi connectivity index (χ2v) is 9.26. The molecular formula is C26H15ClN2O7. The summed E-state index contributed by atoms with van der Waals surface area (Å²) < 4.78 is 6.16. The molecule has 3 atom stereocenters. The van der Waals surface area contributed by atoms with Crippen LogP contribution in [0, 0.1) is 22.0 Å². The van der Waals surface area contributed by atoms with E-state index in [2.05, 4.69) is 0 Å². The van der Waals surface area contributed by atoms with E-state index in [1.54, 1.807) is 24.3 Å². The van der Waals surface area contributed by atoms with Gasteiger partial charge in [0, 0.05) is 28.3 Å². The summed E-state index contributed by atoms with van der Waals surface area (Å²) in [6.45, 7) is 0. The molecule has 3 aromatic rings. The van der Waals surface area contributed by atoms with Gasteiger partial charge in [-0.25, -0.2) is 4.90 Å². The first kappa shape index (κ1) is 22.3. The molecule has 178 valence electrons. The summed E-state index contributed by atoms with van der Waals surface area (Å²) in [6, 6.07) is 17.6. The van der Waals surface area contributed by atoms with Crippen LogP contribution >= 0.6 is 11.6 Å². The Morgan fingerprint density at radius 1 is 0.861 bits per heavy atom. The number of Topliss-reactive ketones (excluding diaryl/α,β-unsaturated/α-hetero) is 2. The Morgan fingerprint density at radius 3 is 2.08 bits per heavy atom. The second-order valence-electron chi connectivity index (χ2n) is 8.82. The van der Waals surface area contributed by atoms with Crippen LogP contribution in [-0.4, -0.2) is 33.9 Å². The zero-order valence-corrected chi connectivity index (χ0v) is 19.0. The lowest BCUT2D eigenvalue weighted by molar-refractivity contribution is -0.384. The van der Waals surface area contributed by atoms with Crippen molar-refractivity contribution < 1.29 is 28.8 Å². The Morgan fingerprint density at radius 2 is 1.50 bits per heavy atom. The van der Waals surface area contributed by atoms with Crippen molar-refractivity contribution in [3.63, 3.8) is 0 Å². The number of ether oxygens (including phenoxy) is 1. The van der Waals surface area contributed by atoms with Crippen LogP contribution in [-0.2, 0) is 14.3 Å². The number of amides is 2. The van der Waals surface area contributed by atoms with E-state index in [0.29, 0.717) is 10.6 Å². The first-order valence-corrected chi connectivity index (χ1v) is 11.4. The van der Waals surface area contributed by atoms with E-state index in [-0.39, 0.29) is 22.5 Å². The van der Waals surface area contributed by atoms with Crippen LogP contribution in [0.4, 0.5) is 11.4 Å². The van der Waals surface area contributed by atoms with E-state index in [9.17, 15) is 29.3 Å². The minimum Gasteiger partial charge on any atom is -0.349 e. The average Bonchev–Trinajstić information content (AvgIpc) is 3.44. The van der Waals surface area contributed by atoms with Crippen molar-refractivity contribution >= 4 is 46.4 Å². The molecule has 2 amide bonds. The molecule has 1 aliphatic carbocycles. The Bertz CT molecular complexity index is 1480. The monoisotopic (exact) mass is 502 g/mol. The number of rotatable bonds is 3. The predicted molar refractivity (Wildman–Crippen MR) is 126 cm³/mol. The topological polar surface area (TPSA) is 124 Å². The largest absolute Gasteiger partial charge is 0.349 e. The Balaban J connectivity index is 1.53. The number of nitro benzene ring substituents is 1. The number of anilines is 1. The van der Waals surface area contributed by atoms with Crippen molar-refractivity contribution in [1.82, 2.24) is 0 Å². The van der Waals surface area contributed by atoms with Gasteiger partial charge in [-0.05, 0) is 35.9 Å². The first-order valence-electron chi connectivity index (χ1n) is 11.0. The molecule has 2 saturated heterocycles. The number of nitrogens with zero attached hydrogens (tertiary/aromatic N) is 2. The zero-order valence-electron chi connectivity index (χ0n) is 18.3. The quantitative estimate of drug-likeness (QED) is 0.230. The lowest BCUT2D eigenvalue weighted by Gasteiger charge is -2.27. The Labute approximate surface area is 208 Å². The highest BCUT2D eigenvalue weighted by molar-refractivity contribution is 6.37. The number of hydrogen-bond acceptors (Lipinski definition) is 7. The third kappa shape index (κ3) is 2.81. The van der Waals surface area contributed by atoms with Gasteiger partial charge in [-0.3, -0.25) is 29.3 Å². The number of carbonyl (C=O) groups excluding carboxylic acids is 4. The summed E-state index contributed by atoms with van der Waals surface area (Å²) in [7, 11) is 0. The SMILES string of the molecule is O=C1C2C(c3ccc([N+](=O)[O-])cc3)OC3(C(=O)c4ccccc4C3=O)C2C(=O)N1c1cccc(Cl)c1. The standard InChI is InChI=1S/C26H15ClN2O7/c27-14-4-3-5-16(12-14)28-24(32)19-20(25(28)33)26(22(30)17-6-1-2-7-18(17)23(26)31)36-21(19)13-8-10-15(11-9-13)29(34)35/h1-12,19-21H. The molecule has 2 heterocycles. The summed E-state index contributed by atoms with van der Waals surface area (Å²) in [5.41, 5.74) is -1.63. The van der Waals surface area contributed by atoms with Gasteiger partial charge in [0.05, 0.1) is 28.6 Å². The van der Waals surface area contributed by atoms with Crippen molar-refractivity contribution in [2.45, 2.75) is 11.7 Å². The smallest absolute Gasteiger partial charge is 0.269 e. The van der Waals surface area contributed by atoms with Crippen LogP contribution in [0.15, 0.2) is 72.8 Å². The van der Waals surface area contributed by atoms with E-state index in [0.717, 1.165) is 4.90 Å². The van der Waals surface area contributed by atoms with Gasteiger partial charge in [0.1, 0.15) is 0 Å². The van der Waals surface area contributed by atoms with Crippen LogP contribution in [0.2, 0.25) is 5.02 Å². The van der Waals surface area contributed by atoms with E-state index in [1.165, 1.54) is 48.5 Å². The lowest BCUT2D eigenvalue weighted by Crippen LogP contribution is -2.51. The molecule has 10 heteroatoms. The van der Waals surface area contributed by atoms with Gasteiger partial charge in [0.15, 0.2) is 0 Å². The molecule has 0 N–H and O–H groups in total. The summed E-state index contributed by atoms with van der Waals surface area (Å²) in [4.78, 5) is 66.5. The molecule has 2 fully saturated rings. The summed E-state index contributed by atoms with van der Waals surface area (Å²) in [6.07, 6.45) is -1.17. The number of non-ortho nitro benzene ring substituents is 1. The van der Waals surface area contributed by atoms with Gasteiger partial charge in [-0.1, -0.05) is 41.9 Å². The number of ketones is 2. The number of imide groups is 1. The minimum absolute atomic E-state index is 0.118. The second kappa shape index (κ2) is 7.64. The van der Waals surface area contributed by atoms with Gasteiger partial charge >= 0.3 is 0 Å². The highest BCUT2D eigenvalue weighted by Crippen LogP contribution is 2.57. The van der Waals surface area contributed by atoms with E-state index in [1.807, 2.05) is 0 Å². The van der Waals surface area contributed by atoms with Gasteiger partial charge in [-0.15, -0.1) is 0 Å². The van der Waals surface area contributed by atoms with Crippen LogP contribution in [0.1, 0.15) is 32.4 Å². The van der Waals surface area contributed by atoms with Gasteiger partial charge < -0.3 is 4.74 Å². The van der Waals surface area contributed by atoms with Crippen LogP contribution in [0.5, 0.6) is 0 Å². The normalized spacial score (nSPS) is 23.9. The molecule has 36 heavy (non-hydrogen) atoms. The fourth-order valence-corrected chi connectivity index (χ4v) is 5.66. The lowest BCUT2D eigenvalue weighted by atomic mass is 9.77. The Hall–Kier alpha value is -4.21. The van der Waals surface area contributed by atoms with Crippen molar-refractivity contribution in [2.75, 3.05) is 4.90 Å². The highest BCUT2D eigenvalue weighted by Gasteiger charge is 2.74. The van der Waals surface area contributed by atoms with Crippen molar-refractivity contribution in [1.29, 1.82) is 0 Å². The molecule has 3 unspecified atom stereocenters. The van der Waals surface area contributed by atoms with E-state index in [4.69, 9.17) is 16.3 Å². The fourth-order valence-electron chi connectivity index (χ4n) is 5.47. The summed E-state index contributed by atoms with van der Waals surface area (Å²) in [5.74, 6) is -5.39. The molecule has 0 aromatic heterocycles. The minimum atomic E-state index is -2.22. The maximum atomic E-state index is 13.8. The van der Waals surface area contributed by atoms with E-state index < -0.39 is 51.8 Å². The van der Waals surface area contributed by atoms with Gasteiger partial charge in [-0.2, -0.15) is 0 Å². The first-order chi connectivity index (χ1) is 17.3. The van der Waals surface area contributed by atoms with Crippen molar-refractivity contribution in [3.8, 4) is 0 Å². The third-order valence-corrected chi connectivity index (χ3v) is 7.25. The zero-order chi connectivity index (χ0) is 25.4. The highest BCUT2D eigenvalue weighted by atomic mass is 35.5. The molecule has 0 radical (unpaired) electrons. The van der Waals surface area contributed by atoms with E-state index >= 15 is 0 Å². The number of benzene rings is 3. The molecule has 9 nitrogen and oxygen atoms in total. The third-order valence-electron chi connectivity index (χ3n) is 7.02. The number of hydrogen-bond donors (Lipinski definition) is 0. The van der Waals surface area contributed by atoms with Crippen LogP contribution < -0.4 is 4.90 Å².